The summed E-state index contributed by atoms with van der Waals surface area (Å²) in [6, 6.07) is 8.53. The van der Waals surface area contributed by atoms with E-state index in [0.29, 0.717) is 0 Å². The Kier molecular flexibility index (Phi) is 4.84. The molecule has 0 atom stereocenters. The number of anilines is 1. The van der Waals surface area contributed by atoms with Crippen molar-refractivity contribution in [3.05, 3.63) is 29.8 Å². The van der Waals surface area contributed by atoms with E-state index < -0.39 is 0 Å². The van der Waals surface area contributed by atoms with Crippen molar-refractivity contribution in [2.45, 2.75) is 6.54 Å². The third-order valence-electron chi connectivity index (χ3n) is 1.89. The van der Waals surface area contributed by atoms with Crippen LogP contribution in [0.15, 0.2) is 24.3 Å². The lowest BCUT2D eigenvalue weighted by Crippen LogP contribution is -2.10. The van der Waals surface area contributed by atoms with Gasteiger partial charge in [-0.15, -0.1) is 0 Å². The first-order valence-electron chi connectivity index (χ1n) is 4.81. The van der Waals surface area contributed by atoms with Gasteiger partial charge in [0.05, 0.1) is 0 Å². The van der Waals surface area contributed by atoms with E-state index in [-0.39, 0.29) is 0 Å². The topological polar surface area (TPSA) is 15.3 Å². The van der Waals surface area contributed by atoms with E-state index in [1.807, 2.05) is 0 Å². The highest BCUT2D eigenvalue weighted by molar-refractivity contribution is 7.80. The highest BCUT2D eigenvalue weighted by Gasteiger charge is 1.95. The van der Waals surface area contributed by atoms with Crippen LogP contribution in [-0.4, -0.2) is 31.3 Å². The predicted octanol–water partition coefficient (Wildman–Crippen LogP) is 2.09. The van der Waals surface area contributed by atoms with Crippen molar-refractivity contribution in [1.29, 1.82) is 0 Å². The molecule has 0 unspecified atom stereocenters. The van der Waals surface area contributed by atoms with E-state index in [4.69, 9.17) is 0 Å². The molecule has 0 spiro atoms. The van der Waals surface area contributed by atoms with Gasteiger partial charge in [0, 0.05) is 24.5 Å². The summed E-state index contributed by atoms with van der Waals surface area (Å²) in [5.74, 6) is 0.861. The first-order chi connectivity index (χ1) is 6.72. The van der Waals surface area contributed by atoms with Crippen LogP contribution in [0.1, 0.15) is 5.56 Å². The summed E-state index contributed by atoms with van der Waals surface area (Å²) in [6.45, 7) is 1.91. The molecule has 1 aromatic rings. The van der Waals surface area contributed by atoms with Crippen LogP contribution < -0.4 is 5.32 Å². The average Bonchev–Trinajstić information content (AvgIpc) is 2.16. The van der Waals surface area contributed by atoms with Crippen LogP contribution in [0.4, 0.5) is 5.69 Å². The third-order valence-corrected chi connectivity index (χ3v) is 2.12. The molecule has 0 fully saturated rings. The molecule has 0 radical (unpaired) electrons. The second-order valence-electron chi connectivity index (χ2n) is 3.59. The van der Waals surface area contributed by atoms with E-state index in [0.717, 1.165) is 18.8 Å². The number of benzene rings is 1. The molecule has 1 N–H and O–H groups in total. The van der Waals surface area contributed by atoms with Gasteiger partial charge < -0.3 is 10.2 Å². The zero-order chi connectivity index (χ0) is 10.4. The van der Waals surface area contributed by atoms with Crippen LogP contribution in [0, 0.1) is 0 Å². The maximum Gasteiger partial charge on any atom is 0.0340 e. The monoisotopic (exact) mass is 210 g/mol. The molecule has 3 heteroatoms. The predicted molar refractivity (Wildman–Crippen MR) is 66.2 cm³/mol. The SMILES string of the molecule is CN(C)Cc1ccc(NCCS)cc1. The summed E-state index contributed by atoms with van der Waals surface area (Å²) < 4.78 is 0. The van der Waals surface area contributed by atoms with Gasteiger partial charge in [0.2, 0.25) is 0 Å². The maximum absolute atomic E-state index is 4.15. The summed E-state index contributed by atoms with van der Waals surface area (Å²) in [7, 11) is 4.15. The number of hydrogen-bond donors (Lipinski definition) is 2. The molecule has 0 aromatic heterocycles. The molecule has 0 saturated carbocycles. The van der Waals surface area contributed by atoms with Crippen molar-refractivity contribution in [1.82, 2.24) is 4.90 Å². The van der Waals surface area contributed by atoms with Crippen molar-refractivity contribution < 1.29 is 0 Å². The third kappa shape index (κ3) is 4.03. The molecule has 2 nitrogen and oxygen atoms in total. The second-order valence-corrected chi connectivity index (χ2v) is 4.03. The minimum atomic E-state index is 0.861. The van der Waals surface area contributed by atoms with Crippen molar-refractivity contribution in [2.75, 3.05) is 31.7 Å². The largest absolute Gasteiger partial charge is 0.384 e. The summed E-state index contributed by atoms with van der Waals surface area (Å²) in [4.78, 5) is 2.16. The molecule has 0 aliphatic rings. The molecular weight excluding hydrogens is 192 g/mol. The van der Waals surface area contributed by atoms with Gasteiger partial charge in [-0.3, -0.25) is 0 Å². The van der Waals surface area contributed by atoms with Crippen LogP contribution in [0.5, 0.6) is 0 Å². The Balaban J connectivity index is 2.50. The second kappa shape index (κ2) is 5.94. The Hall–Kier alpha value is -0.670. The van der Waals surface area contributed by atoms with Gasteiger partial charge in [-0.2, -0.15) is 12.6 Å². The van der Waals surface area contributed by atoms with Crippen LogP contribution in [0.3, 0.4) is 0 Å². The van der Waals surface area contributed by atoms with E-state index >= 15 is 0 Å². The molecule has 0 bridgehead atoms. The Morgan fingerprint density at radius 3 is 2.36 bits per heavy atom. The van der Waals surface area contributed by atoms with Crippen LogP contribution in [0.25, 0.3) is 0 Å². The normalized spacial score (nSPS) is 10.6. The fraction of sp³-hybridized carbons (Fsp3) is 0.455. The van der Waals surface area contributed by atoms with Gasteiger partial charge in [0.25, 0.3) is 0 Å². The average molecular weight is 210 g/mol. The lowest BCUT2D eigenvalue weighted by Gasteiger charge is -2.10. The minimum absolute atomic E-state index is 0.861. The van der Waals surface area contributed by atoms with Crippen molar-refractivity contribution in [3.63, 3.8) is 0 Å². The maximum atomic E-state index is 4.15. The van der Waals surface area contributed by atoms with Crippen LogP contribution in [-0.2, 0) is 6.54 Å². The zero-order valence-electron chi connectivity index (χ0n) is 8.83. The molecule has 78 valence electrons. The molecule has 1 aromatic carbocycles. The molecule has 0 aliphatic carbocycles. The van der Waals surface area contributed by atoms with Crippen LogP contribution in [0.2, 0.25) is 0 Å². The number of nitrogens with zero attached hydrogens (tertiary/aromatic N) is 1. The fourth-order valence-corrected chi connectivity index (χ4v) is 1.41. The van der Waals surface area contributed by atoms with Crippen LogP contribution >= 0.6 is 12.6 Å². The summed E-state index contributed by atoms with van der Waals surface area (Å²) in [5.41, 5.74) is 2.51. The number of nitrogens with one attached hydrogen (secondary N) is 1. The first kappa shape index (κ1) is 11.4. The van der Waals surface area contributed by atoms with E-state index in [2.05, 4.69) is 61.2 Å². The van der Waals surface area contributed by atoms with Crippen molar-refractivity contribution in [3.8, 4) is 0 Å². The smallest absolute Gasteiger partial charge is 0.0340 e. The van der Waals surface area contributed by atoms with Crippen molar-refractivity contribution >= 4 is 18.3 Å². The number of rotatable bonds is 5. The lowest BCUT2D eigenvalue weighted by molar-refractivity contribution is 0.402. The summed E-state index contributed by atoms with van der Waals surface area (Å²) >= 11 is 4.15. The lowest BCUT2D eigenvalue weighted by atomic mass is 10.2. The molecule has 14 heavy (non-hydrogen) atoms. The van der Waals surface area contributed by atoms with Gasteiger partial charge in [-0.25, -0.2) is 0 Å². The van der Waals surface area contributed by atoms with E-state index in [9.17, 15) is 0 Å². The molecule has 0 heterocycles. The van der Waals surface area contributed by atoms with Crippen molar-refractivity contribution in [2.24, 2.45) is 0 Å². The Bertz CT molecular complexity index is 256. The Morgan fingerprint density at radius 2 is 1.86 bits per heavy atom. The molecule has 0 aliphatic heterocycles. The summed E-state index contributed by atoms with van der Waals surface area (Å²) in [5, 5.41) is 3.28. The molecule has 1 rings (SSSR count). The van der Waals surface area contributed by atoms with Gasteiger partial charge in [0.1, 0.15) is 0 Å². The van der Waals surface area contributed by atoms with E-state index in [1.165, 1.54) is 11.3 Å². The fourth-order valence-electron chi connectivity index (χ4n) is 1.29. The minimum Gasteiger partial charge on any atom is -0.384 e. The summed E-state index contributed by atoms with van der Waals surface area (Å²) in [6.07, 6.45) is 0. The highest BCUT2D eigenvalue weighted by Crippen LogP contribution is 2.10. The zero-order valence-corrected chi connectivity index (χ0v) is 9.72. The number of hydrogen-bond acceptors (Lipinski definition) is 3. The number of thiol groups is 1. The molecule has 0 saturated heterocycles. The van der Waals surface area contributed by atoms with Gasteiger partial charge >= 0.3 is 0 Å². The standard InChI is InChI=1S/C11H18N2S/c1-13(2)9-10-3-5-11(6-4-10)12-7-8-14/h3-6,12,14H,7-9H2,1-2H3. The Labute approximate surface area is 91.7 Å². The Morgan fingerprint density at radius 1 is 1.21 bits per heavy atom. The molecular formula is C11H18N2S. The quantitative estimate of drug-likeness (QED) is 0.724. The van der Waals surface area contributed by atoms with E-state index in [1.54, 1.807) is 0 Å². The van der Waals surface area contributed by atoms with Gasteiger partial charge in [0.15, 0.2) is 0 Å². The van der Waals surface area contributed by atoms with Gasteiger partial charge in [-0.1, -0.05) is 12.1 Å². The van der Waals surface area contributed by atoms with Gasteiger partial charge in [-0.05, 0) is 31.8 Å². The first-order valence-corrected chi connectivity index (χ1v) is 5.44. The highest BCUT2D eigenvalue weighted by atomic mass is 32.1. The molecule has 0 amide bonds.